The fraction of sp³-hybridized carbons (Fsp3) is 0.512. The fourth-order valence-corrected chi connectivity index (χ4v) is 7.91. The zero-order chi connectivity index (χ0) is 40.2. The second-order valence-corrected chi connectivity index (χ2v) is 15.6. The van der Waals surface area contributed by atoms with Crippen LogP contribution in [0.4, 0.5) is 4.39 Å². The molecule has 3 amide bonds. The number of amides is 3. The highest BCUT2D eigenvalue weighted by molar-refractivity contribution is 7.09. The molecule has 2 aromatic carbocycles. The van der Waals surface area contributed by atoms with Crippen LogP contribution >= 0.6 is 11.3 Å². The Hall–Kier alpha value is -4.69. The molecule has 1 fully saturated rings. The van der Waals surface area contributed by atoms with E-state index in [1.807, 2.05) is 56.1 Å². The van der Waals surface area contributed by atoms with E-state index in [9.17, 15) is 28.4 Å². The van der Waals surface area contributed by atoms with E-state index < -0.39 is 59.8 Å². The molecule has 1 aliphatic rings. The zero-order valence-corrected chi connectivity index (χ0v) is 33.6. The summed E-state index contributed by atoms with van der Waals surface area (Å²) >= 11 is 1.16. The lowest BCUT2D eigenvalue weighted by molar-refractivity contribution is -0.149. The number of thiazole rings is 1. The van der Waals surface area contributed by atoms with Crippen LogP contribution < -0.4 is 10.6 Å². The van der Waals surface area contributed by atoms with Gasteiger partial charge in [0.25, 0.3) is 5.91 Å². The van der Waals surface area contributed by atoms with Gasteiger partial charge in [-0.2, -0.15) is 0 Å². The number of benzene rings is 2. The van der Waals surface area contributed by atoms with Crippen LogP contribution in [0.25, 0.3) is 0 Å². The normalized spacial score (nSPS) is 17.3. The molecule has 6 atom stereocenters. The molecule has 0 aliphatic carbocycles. The monoisotopic (exact) mass is 779 g/mol. The second kappa shape index (κ2) is 20.3. The number of hydrogen-bond acceptors (Lipinski definition) is 10. The minimum Gasteiger partial charge on any atom is -0.469 e. The summed E-state index contributed by atoms with van der Waals surface area (Å²) in [5, 5.41) is 7.94. The first-order valence-corrected chi connectivity index (χ1v) is 19.6. The van der Waals surface area contributed by atoms with E-state index >= 15 is 0 Å². The van der Waals surface area contributed by atoms with Gasteiger partial charge in [0.15, 0.2) is 6.10 Å². The second-order valence-electron chi connectivity index (χ2n) is 14.7. The lowest BCUT2D eigenvalue weighted by Gasteiger charge is -2.37. The van der Waals surface area contributed by atoms with Crippen LogP contribution in [0.1, 0.15) is 98.6 Å². The summed E-state index contributed by atoms with van der Waals surface area (Å²) in [6.07, 6.45) is 2.61. The van der Waals surface area contributed by atoms with Gasteiger partial charge in [-0.3, -0.25) is 28.9 Å². The summed E-state index contributed by atoms with van der Waals surface area (Å²) in [4.78, 5) is 74.3. The number of hydrogen-bond donors (Lipinski definition) is 2. The van der Waals surface area contributed by atoms with E-state index in [1.165, 1.54) is 43.2 Å². The largest absolute Gasteiger partial charge is 0.469 e. The molecular formula is C41H54FN5O7S. The van der Waals surface area contributed by atoms with Crippen molar-refractivity contribution in [1.29, 1.82) is 0 Å². The van der Waals surface area contributed by atoms with E-state index in [0.717, 1.165) is 36.3 Å². The molecule has 2 N–H and O–H groups in total. The SMILES string of the molecule is COC(=O)[C@@H](C)C[C@H](Cc1ccccc1)NC(=O)c1csc([C@@H](C[C@H](C(C)C)N(C)C(=O)[C@@H](NC(=O)[C@H]2CCCCN2C)c2ccc(F)cc2)OC(C)=O)n1. The Morgan fingerprint density at radius 3 is 2.31 bits per heavy atom. The number of nitrogens with one attached hydrogen (secondary N) is 2. The summed E-state index contributed by atoms with van der Waals surface area (Å²) in [5.74, 6) is -3.15. The Kier molecular flexibility index (Phi) is 15.9. The van der Waals surface area contributed by atoms with Gasteiger partial charge in [-0.15, -0.1) is 11.3 Å². The van der Waals surface area contributed by atoms with Crippen molar-refractivity contribution < 1.29 is 37.8 Å². The Bertz CT molecular complexity index is 1750. The van der Waals surface area contributed by atoms with Crippen LogP contribution in [0.5, 0.6) is 0 Å². The third-order valence-electron chi connectivity index (χ3n) is 10.1. The number of nitrogens with zero attached hydrogens (tertiary/aromatic N) is 3. The van der Waals surface area contributed by atoms with Crippen molar-refractivity contribution in [2.75, 3.05) is 27.7 Å². The topological polar surface area (TPSA) is 147 Å². The first kappa shape index (κ1) is 43.0. The number of likely N-dealkylation sites (N-methyl/N-ethyl adjacent to an activating group) is 2. The summed E-state index contributed by atoms with van der Waals surface area (Å²) < 4.78 is 24.7. The third-order valence-corrected chi connectivity index (χ3v) is 11.1. The third kappa shape index (κ3) is 12.1. The maximum absolute atomic E-state index is 14.4. The van der Waals surface area contributed by atoms with Gasteiger partial charge < -0.3 is 25.0 Å². The molecule has 55 heavy (non-hydrogen) atoms. The van der Waals surface area contributed by atoms with Gasteiger partial charge in [-0.1, -0.05) is 69.7 Å². The van der Waals surface area contributed by atoms with E-state index in [4.69, 9.17) is 9.47 Å². The molecule has 1 saturated heterocycles. The van der Waals surface area contributed by atoms with Gasteiger partial charge >= 0.3 is 11.9 Å². The van der Waals surface area contributed by atoms with E-state index in [-0.39, 0.29) is 29.9 Å². The molecule has 0 unspecified atom stereocenters. The number of aromatic nitrogens is 1. The van der Waals surface area contributed by atoms with Gasteiger partial charge in [0.2, 0.25) is 11.8 Å². The van der Waals surface area contributed by atoms with Crippen LogP contribution in [-0.2, 0) is 35.1 Å². The number of esters is 2. The fourth-order valence-electron chi connectivity index (χ4n) is 7.07. The number of carbonyl (C=O) groups is 5. The molecule has 0 spiro atoms. The highest BCUT2D eigenvalue weighted by Gasteiger charge is 2.36. The number of ether oxygens (including phenoxy) is 2. The van der Waals surface area contributed by atoms with Crippen molar-refractivity contribution in [2.45, 2.75) is 96.5 Å². The molecule has 2 heterocycles. The summed E-state index contributed by atoms with van der Waals surface area (Å²) in [6, 6.07) is 12.7. The first-order valence-electron chi connectivity index (χ1n) is 18.8. The van der Waals surface area contributed by atoms with Crippen molar-refractivity contribution >= 4 is 41.0 Å². The summed E-state index contributed by atoms with van der Waals surface area (Å²) in [6.45, 7) is 7.67. The smallest absolute Gasteiger partial charge is 0.308 e. The van der Waals surface area contributed by atoms with Crippen LogP contribution in [0.15, 0.2) is 60.0 Å². The number of piperidine rings is 1. The molecule has 0 saturated carbocycles. The Labute approximate surface area is 327 Å². The maximum atomic E-state index is 14.4. The van der Waals surface area contributed by atoms with Crippen LogP contribution in [0.3, 0.4) is 0 Å². The molecular weight excluding hydrogens is 726 g/mol. The highest BCUT2D eigenvalue weighted by Crippen LogP contribution is 2.32. The summed E-state index contributed by atoms with van der Waals surface area (Å²) in [7, 11) is 4.85. The van der Waals surface area contributed by atoms with Crippen molar-refractivity contribution in [3.8, 4) is 0 Å². The number of halogens is 1. The lowest BCUT2D eigenvalue weighted by Crippen LogP contribution is -2.52. The molecule has 4 rings (SSSR count). The number of rotatable bonds is 17. The average Bonchev–Trinajstić information content (AvgIpc) is 3.66. The van der Waals surface area contributed by atoms with Gasteiger partial charge in [0.1, 0.15) is 22.6 Å². The van der Waals surface area contributed by atoms with Crippen LogP contribution in [0.2, 0.25) is 0 Å². The minimum atomic E-state index is -1.09. The van der Waals surface area contributed by atoms with Crippen molar-refractivity contribution in [1.82, 2.24) is 25.4 Å². The Morgan fingerprint density at radius 1 is 1.00 bits per heavy atom. The standard InChI is InChI=1S/C41H54FN5O7S/c1-25(2)34(47(6)40(51)36(29-16-18-30(42)19-17-29)45-38(50)33-15-11-12-20-46(33)5)23-35(54-27(4)48)39-44-32(24-55-39)37(49)43-31(21-26(3)41(52)53-7)22-28-13-9-8-10-14-28/h8-10,13-14,16-19,24-26,31,33-36H,11-12,15,20-23H2,1-7H3,(H,43,49)(H,45,50)/t26-,31+,33+,34+,35+,36-/m0/s1. The highest BCUT2D eigenvalue weighted by atomic mass is 32.1. The van der Waals surface area contributed by atoms with Gasteiger partial charge in [0.05, 0.1) is 19.1 Å². The van der Waals surface area contributed by atoms with Crippen molar-refractivity contribution in [3.05, 3.63) is 87.6 Å². The van der Waals surface area contributed by atoms with Gasteiger partial charge in [-0.05, 0) is 68.5 Å². The Morgan fingerprint density at radius 2 is 1.69 bits per heavy atom. The molecule has 1 aromatic heterocycles. The van der Waals surface area contributed by atoms with Crippen LogP contribution in [-0.4, -0.2) is 90.3 Å². The molecule has 3 aromatic rings. The van der Waals surface area contributed by atoms with Crippen molar-refractivity contribution in [2.24, 2.45) is 11.8 Å². The quantitative estimate of drug-likeness (QED) is 0.166. The van der Waals surface area contributed by atoms with E-state index in [0.29, 0.717) is 29.8 Å². The minimum absolute atomic E-state index is 0.123. The Balaban J connectivity index is 1.56. The van der Waals surface area contributed by atoms with Crippen molar-refractivity contribution in [3.63, 3.8) is 0 Å². The predicted molar refractivity (Wildman–Crippen MR) is 207 cm³/mol. The number of methoxy groups -OCH3 is 1. The predicted octanol–water partition coefficient (Wildman–Crippen LogP) is 5.64. The maximum Gasteiger partial charge on any atom is 0.308 e. The van der Waals surface area contributed by atoms with Gasteiger partial charge in [0, 0.05) is 37.9 Å². The molecule has 12 nitrogen and oxygen atoms in total. The number of likely N-dealkylation sites (tertiary alicyclic amines) is 1. The molecule has 1 aliphatic heterocycles. The van der Waals surface area contributed by atoms with E-state index in [1.54, 1.807) is 19.4 Å². The molecule has 0 radical (unpaired) electrons. The van der Waals surface area contributed by atoms with Gasteiger partial charge in [-0.25, -0.2) is 9.37 Å². The molecule has 14 heteroatoms. The molecule has 298 valence electrons. The first-order chi connectivity index (χ1) is 26.2. The zero-order valence-electron chi connectivity index (χ0n) is 32.8. The lowest BCUT2D eigenvalue weighted by atomic mass is 9.94. The number of carbonyl (C=O) groups excluding carboxylic acids is 5. The molecule has 0 bridgehead atoms. The average molecular weight is 780 g/mol. The van der Waals surface area contributed by atoms with E-state index in [2.05, 4.69) is 15.6 Å². The van der Waals surface area contributed by atoms with Crippen LogP contribution in [0, 0.1) is 17.7 Å². The summed E-state index contributed by atoms with van der Waals surface area (Å²) in [5.41, 5.74) is 1.55.